The van der Waals surface area contributed by atoms with Crippen LogP contribution >= 0.6 is 0 Å². The van der Waals surface area contributed by atoms with E-state index < -0.39 is 17.9 Å². The van der Waals surface area contributed by atoms with Crippen molar-refractivity contribution >= 4 is 5.82 Å². The normalized spacial score (nSPS) is 18.0. The molecule has 1 atom stereocenters. The Morgan fingerprint density at radius 1 is 1.28 bits per heavy atom. The number of halogens is 4. The molecule has 0 aliphatic carbocycles. The van der Waals surface area contributed by atoms with E-state index in [0.717, 1.165) is 0 Å². The third-order valence-electron chi connectivity index (χ3n) is 4.72. The second-order valence-electron chi connectivity index (χ2n) is 6.81. The number of piperidine rings is 1. The van der Waals surface area contributed by atoms with Gasteiger partial charge in [0.05, 0.1) is 18.2 Å². The summed E-state index contributed by atoms with van der Waals surface area (Å²) >= 11 is 0. The van der Waals surface area contributed by atoms with Crippen LogP contribution in [-0.2, 0) is 6.54 Å². The largest absolute Gasteiger partial charge is 0.395 e. The first-order valence-electron chi connectivity index (χ1n) is 8.53. The fraction of sp³-hybridized carbons (Fsp3) is 0.706. The summed E-state index contributed by atoms with van der Waals surface area (Å²) in [6, 6.07) is 2.62. The minimum atomic E-state index is -4.16. The lowest BCUT2D eigenvalue weighted by molar-refractivity contribution is -0.179. The standard InChI is InChI=1S/C17H25F4N3O/c1-11(2)15(10-25)22-9-14-13(18)3-4-16(23-14)24-7-5-12(6-8-24)17(19,20)21/h3-4,11-12,15,22,25H,5-10H2,1-2H3/t15-/m0/s1. The highest BCUT2D eigenvalue weighted by atomic mass is 19.4. The Bertz CT molecular complexity index is 557. The highest BCUT2D eigenvalue weighted by Gasteiger charge is 2.41. The van der Waals surface area contributed by atoms with Gasteiger partial charge in [-0.25, -0.2) is 9.37 Å². The number of hydrogen-bond donors (Lipinski definition) is 2. The minimum Gasteiger partial charge on any atom is -0.395 e. The number of hydrogen-bond acceptors (Lipinski definition) is 4. The van der Waals surface area contributed by atoms with Crippen LogP contribution in [-0.4, -0.2) is 42.0 Å². The summed E-state index contributed by atoms with van der Waals surface area (Å²) in [4.78, 5) is 6.04. The molecule has 1 aromatic heterocycles. The molecular formula is C17H25F4N3O. The van der Waals surface area contributed by atoms with Crippen LogP contribution in [0.2, 0.25) is 0 Å². The van der Waals surface area contributed by atoms with Crippen molar-refractivity contribution in [2.24, 2.45) is 11.8 Å². The minimum absolute atomic E-state index is 0.0239. The van der Waals surface area contributed by atoms with Crippen molar-refractivity contribution in [1.82, 2.24) is 10.3 Å². The van der Waals surface area contributed by atoms with E-state index in [9.17, 15) is 22.7 Å². The molecule has 2 rings (SSSR count). The predicted molar refractivity (Wildman–Crippen MR) is 87.7 cm³/mol. The average molecular weight is 363 g/mol. The number of pyridine rings is 1. The van der Waals surface area contributed by atoms with Gasteiger partial charge < -0.3 is 15.3 Å². The van der Waals surface area contributed by atoms with E-state index in [1.807, 2.05) is 13.8 Å². The highest BCUT2D eigenvalue weighted by molar-refractivity contribution is 5.40. The van der Waals surface area contributed by atoms with E-state index in [4.69, 9.17) is 0 Å². The van der Waals surface area contributed by atoms with Gasteiger partial charge in [0.2, 0.25) is 0 Å². The smallest absolute Gasteiger partial charge is 0.391 e. The summed E-state index contributed by atoms with van der Waals surface area (Å²) in [6.45, 7) is 4.48. The van der Waals surface area contributed by atoms with E-state index in [0.29, 0.717) is 5.82 Å². The van der Waals surface area contributed by atoms with Gasteiger partial charge in [-0.15, -0.1) is 0 Å². The summed E-state index contributed by atoms with van der Waals surface area (Å²) in [5.74, 6) is -1.08. The van der Waals surface area contributed by atoms with E-state index >= 15 is 0 Å². The van der Waals surface area contributed by atoms with Gasteiger partial charge in [-0.05, 0) is 30.9 Å². The van der Waals surface area contributed by atoms with Crippen molar-refractivity contribution in [2.45, 2.75) is 45.5 Å². The lowest BCUT2D eigenvalue weighted by Crippen LogP contribution is -2.39. The van der Waals surface area contributed by atoms with Crippen LogP contribution in [0.4, 0.5) is 23.4 Å². The first kappa shape index (κ1) is 19.9. The quantitative estimate of drug-likeness (QED) is 0.763. The second kappa shape index (κ2) is 8.31. The maximum absolute atomic E-state index is 14.0. The molecule has 1 aromatic rings. The van der Waals surface area contributed by atoms with Gasteiger partial charge in [0.15, 0.2) is 0 Å². The van der Waals surface area contributed by atoms with Crippen molar-refractivity contribution in [1.29, 1.82) is 0 Å². The zero-order valence-electron chi connectivity index (χ0n) is 14.5. The first-order chi connectivity index (χ1) is 11.7. The molecule has 4 nitrogen and oxygen atoms in total. The summed E-state index contributed by atoms with van der Waals surface area (Å²) in [6.07, 6.45) is -4.11. The maximum atomic E-state index is 14.0. The lowest BCUT2D eigenvalue weighted by Gasteiger charge is -2.33. The van der Waals surface area contributed by atoms with Crippen LogP contribution in [0.3, 0.4) is 0 Å². The second-order valence-corrected chi connectivity index (χ2v) is 6.81. The molecule has 0 aromatic carbocycles. The summed E-state index contributed by atoms with van der Waals surface area (Å²) in [5.41, 5.74) is 0.203. The van der Waals surface area contributed by atoms with Crippen molar-refractivity contribution in [2.75, 3.05) is 24.6 Å². The zero-order chi connectivity index (χ0) is 18.6. The van der Waals surface area contributed by atoms with Crippen molar-refractivity contribution < 1.29 is 22.7 Å². The van der Waals surface area contributed by atoms with E-state index in [1.54, 1.807) is 4.90 Å². The molecule has 2 N–H and O–H groups in total. The monoisotopic (exact) mass is 363 g/mol. The molecule has 0 amide bonds. The Morgan fingerprint density at radius 2 is 1.92 bits per heavy atom. The number of aliphatic hydroxyl groups excluding tert-OH is 1. The van der Waals surface area contributed by atoms with Crippen LogP contribution in [0.15, 0.2) is 12.1 Å². The number of alkyl halides is 3. The summed E-state index contributed by atoms with van der Waals surface area (Å²) in [5, 5.41) is 12.4. The van der Waals surface area contributed by atoms with Crippen LogP contribution in [0, 0.1) is 17.7 Å². The van der Waals surface area contributed by atoms with Crippen molar-refractivity contribution in [3.8, 4) is 0 Å². The van der Waals surface area contributed by atoms with Gasteiger partial charge in [-0.3, -0.25) is 0 Å². The van der Waals surface area contributed by atoms with Crippen LogP contribution in [0.5, 0.6) is 0 Å². The molecule has 1 aliphatic heterocycles. The molecule has 0 bridgehead atoms. The topological polar surface area (TPSA) is 48.4 Å². The van der Waals surface area contributed by atoms with Gasteiger partial charge >= 0.3 is 6.18 Å². The molecule has 2 heterocycles. The van der Waals surface area contributed by atoms with Gasteiger partial charge in [-0.2, -0.15) is 13.2 Å². The molecule has 8 heteroatoms. The molecule has 1 saturated heterocycles. The van der Waals surface area contributed by atoms with Crippen LogP contribution in [0.25, 0.3) is 0 Å². The predicted octanol–water partition coefficient (Wildman–Crippen LogP) is 3.11. The molecule has 0 spiro atoms. The van der Waals surface area contributed by atoms with E-state index in [-0.39, 0.29) is 56.7 Å². The van der Waals surface area contributed by atoms with Crippen LogP contribution in [0.1, 0.15) is 32.4 Å². The number of nitrogens with one attached hydrogen (secondary N) is 1. The van der Waals surface area contributed by atoms with Gasteiger partial charge in [0.1, 0.15) is 11.6 Å². The van der Waals surface area contributed by atoms with Gasteiger partial charge in [-0.1, -0.05) is 13.8 Å². The molecule has 25 heavy (non-hydrogen) atoms. The Labute approximate surface area is 145 Å². The van der Waals surface area contributed by atoms with Crippen LogP contribution < -0.4 is 10.2 Å². The van der Waals surface area contributed by atoms with Crippen molar-refractivity contribution in [3.63, 3.8) is 0 Å². The van der Waals surface area contributed by atoms with Gasteiger partial charge in [0.25, 0.3) is 0 Å². The Balaban J connectivity index is 2.02. The molecule has 0 unspecified atom stereocenters. The molecular weight excluding hydrogens is 338 g/mol. The van der Waals surface area contributed by atoms with Crippen molar-refractivity contribution in [3.05, 3.63) is 23.6 Å². The highest BCUT2D eigenvalue weighted by Crippen LogP contribution is 2.35. The lowest BCUT2D eigenvalue weighted by atomic mass is 9.96. The SMILES string of the molecule is CC(C)[C@H](CO)NCc1nc(N2CCC(C(F)(F)F)CC2)ccc1F. The number of anilines is 1. The molecule has 0 saturated carbocycles. The molecule has 1 fully saturated rings. The Hall–Kier alpha value is -1.41. The summed E-state index contributed by atoms with van der Waals surface area (Å²) in [7, 11) is 0. The summed E-state index contributed by atoms with van der Waals surface area (Å²) < 4.78 is 52.2. The molecule has 142 valence electrons. The van der Waals surface area contributed by atoms with Gasteiger partial charge in [0, 0.05) is 25.7 Å². The third kappa shape index (κ3) is 5.28. The number of nitrogens with zero attached hydrogens (tertiary/aromatic N) is 2. The Morgan fingerprint density at radius 3 is 2.44 bits per heavy atom. The average Bonchev–Trinajstić information content (AvgIpc) is 2.56. The molecule has 1 aliphatic rings. The molecule has 0 radical (unpaired) electrons. The first-order valence-corrected chi connectivity index (χ1v) is 8.53. The fourth-order valence-corrected chi connectivity index (χ4v) is 2.95. The maximum Gasteiger partial charge on any atom is 0.391 e. The van der Waals surface area contributed by atoms with E-state index in [1.165, 1.54) is 12.1 Å². The number of aromatic nitrogens is 1. The number of aliphatic hydroxyl groups is 1. The number of rotatable bonds is 6. The fourth-order valence-electron chi connectivity index (χ4n) is 2.95. The Kier molecular flexibility index (Phi) is 6.62. The van der Waals surface area contributed by atoms with E-state index in [2.05, 4.69) is 10.3 Å². The zero-order valence-corrected chi connectivity index (χ0v) is 14.5. The third-order valence-corrected chi connectivity index (χ3v) is 4.72.